The van der Waals surface area contributed by atoms with Crippen molar-refractivity contribution in [2.45, 2.75) is 31.9 Å². The first-order chi connectivity index (χ1) is 13.7. The maximum atomic E-state index is 12.3. The Morgan fingerprint density at radius 2 is 1.90 bits per heavy atom. The smallest absolute Gasteiger partial charge is 0.251 e. The van der Waals surface area contributed by atoms with Gasteiger partial charge < -0.3 is 21.1 Å². The quantitative estimate of drug-likeness (QED) is 0.291. The highest BCUT2D eigenvalue weighted by Crippen LogP contribution is 2.11. The van der Waals surface area contributed by atoms with Crippen LogP contribution in [0, 0.1) is 0 Å². The van der Waals surface area contributed by atoms with Gasteiger partial charge in [0.1, 0.15) is 0 Å². The van der Waals surface area contributed by atoms with Crippen LogP contribution in [0.3, 0.4) is 0 Å². The van der Waals surface area contributed by atoms with Gasteiger partial charge in [-0.3, -0.25) is 4.79 Å². The highest BCUT2D eigenvalue weighted by molar-refractivity contribution is 14.0. The minimum atomic E-state index is -0.0877. The van der Waals surface area contributed by atoms with E-state index in [-0.39, 0.29) is 36.0 Å². The van der Waals surface area contributed by atoms with E-state index >= 15 is 0 Å². The molecule has 0 aliphatic carbocycles. The molecule has 1 aliphatic rings. The van der Waals surface area contributed by atoms with E-state index in [0.29, 0.717) is 24.6 Å². The summed E-state index contributed by atoms with van der Waals surface area (Å²) in [4.78, 5) is 16.7. The average molecular weight is 508 g/mol. The molecular formula is C22H29IN4O2. The predicted molar refractivity (Wildman–Crippen MR) is 127 cm³/mol. The minimum absolute atomic E-state index is 0. The molecule has 1 heterocycles. The summed E-state index contributed by atoms with van der Waals surface area (Å²) in [6.45, 7) is 2.50. The second-order valence-electron chi connectivity index (χ2n) is 6.91. The lowest BCUT2D eigenvalue weighted by molar-refractivity contribution is 0.0857. The molecule has 29 heavy (non-hydrogen) atoms. The number of benzene rings is 2. The van der Waals surface area contributed by atoms with E-state index in [1.54, 1.807) is 6.07 Å². The second-order valence-corrected chi connectivity index (χ2v) is 6.91. The van der Waals surface area contributed by atoms with Crippen LogP contribution in [0.2, 0.25) is 0 Å². The van der Waals surface area contributed by atoms with Gasteiger partial charge >= 0.3 is 0 Å². The zero-order valence-corrected chi connectivity index (χ0v) is 18.8. The fourth-order valence-electron chi connectivity index (χ4n) is 3.14. The number of guanidine groups is 1. The summed E-state index contributed by atoms with van der Waals surface area (Å²) in [6, 6.07) is 17.7. The number of carbonyl (C=O) groups excluding carboxylic acids is 1. The molecule has 2 aromatic rings. The van der Waals surface area contributed by atoms with Gasteiger partial charge in [-0.1, -0.05) is 42.5 Å². The molecule has 7 heteroatoms. The summed E-state index contributed by atoms with van der Waals surface area (Å²) in [7, 11) is 0. The topological polar surface area (TPSA) is 88.7 Å². The summed E-state index contributed by atoms with van der Waals surface area (Å²) >= 11 is 0. The third kappa shape index (κ3) is 8.02. The van der Waals surface area contributed by atoms with Crippen LogP contribution in [0.5, 0.6) is 0 Å². The number of halogens is 1. The Kier molecular flexibility index (Phi) is 9.93. The van der Waals surface area contributed by atoms with Crippen molar-refractivity contribution < 1.29 is 9.53 Å². The number of nitrogens with zero attached hydrogens (tertiary/aromatic N) is 1. The molecule has 0 spiro atoms. The number of aliphatic imine (C=N–C) groups is 1. The molecule has 1 atom stereocenters. The Bertz CT molecular complexity index is 792. The van der Waals surface area contributed by atoms with Crippen LogP contribution >= 0.6 is 24.0 Å². The number of ether oxygens (including phenoxy) is 1. The summed E-state index contributed by atoms with van der Waals surface area (Å²) in [6.07, 6.45) is 3.09. The number of nitrogens with two attached hydrogens (primary N) is 1. The van der Waals surface area contributed by atoms with E-state index in [4.69, 9.17) is 10.5 Å². The molecule has 3 rings (SSSR count). The summed E-state index contributed by atoms with van der Waals surface area (Å²) in [5.41, 5.74) is 8.77. The Balaban J connectivity index is 0.00000300. The van der Waals surface area contributed by atoms with Crippen molar-refractivity contribution in [3.63, 3.8) is 0 Å². The number of nitrogens with one attached hydrogen (secondary N) is 2. The number of amides is 1. The van der Waals surface area contributed by atoms with Crippen LogP contribution < -0.4 is 16.4 Å². The third-order valence-corrected chi connectivity index (χ3v) is 4.70. The molecule has 0 radical (unpaired) electrons. The van der Waals surface area contributed by atoms with Gasteiger partial charge in [-0.25, -0.2) is 4.99 Å². The SMILES string of the molecule is I.NC(=NCc1cccc(C(=O)NCC2CCCO2)c1)NCCc1ccccc1. The van der Waals surface area contributed by atoms with Gasteiger partial charge in [-0.2, -0.15) is 0 Å². The molecule has 0 aromatic heterocycles. The van der Waals surface area contributed by atoms with Crippen molar-refractivity contribution >= 4 is 35.8 Å². The lowest BCUT2D eigenvalue weighted by Gasteiger charge is -2.11. The summed E-state index contributed by atoms with van der Waals surface area (Å²) in [5, 5.41) is 6.06. The first kappa shape index (κ1) is 23.2. The molecule has 6 nitrogen and oxygen atoms in total. The third-order valence-electron chi connectivity index (χ3n) is 4.70. The minimum Gasteiger partial charge on any atom is -0.376 e. The molecule has 4 N–H and O–H groups in total. The van der Waals surface area contributed by atoms with Crippen molar-refractivity contribution in [3.05, 3.63) is 71.3 Å². The van der Waals surface area contributed by atoms with Crippen LogP contribution in [-0.4, -0.2) is 37.7 Å². The molecule has 2 aromatic carbocycles. The Hall–Kier alpha value is -2.13. The van der Waals surface area contributed by atoms with Gasteiger partial charge in [-0.15, -0.1) is 24.0 Å². The molecule has 1 saturated heterocycles. The van der Waals surface area contributed by atoms with E-state index in [2.05, 4.69) is 27.8 Å². The highest BCUT2D eigenvalue weighted by Gasteiger charge is 2.16. The van der Waals surface area contributed by atoms with Crippen molar-refractivity contribution in [2.24, 2.45) is 10.7 Å². The molecule has 1 unspecified atom stereocenters. The van der Waals surface area contributed by atoms with E-state index in [9.17, 15) is 4.79 Å². The highest BCUT2D eigenvalue weighted by atomic mass is 127. The van der Waals surface area contributed by atoms with Crippen LogP contribution in [-0.2, 0) is 17.7 Å². The molecule has 0 bridgehead atoms. The Morgan fingerprint density at radius 3 is 2.66 bits per heavy atom. The number of hydrogen-bond acceptors (Lipinski definition) is 3. The second kappa shape index (κ2) is 12.4. The van der Waals surface area contributed by atoms with Gasteiger partial charge in [0.15, 0.2) is 5.96 Å². The van der Waals surface area contributed by atoms with Crippen molar-refractivity contribution in [1.82, 2.24) is 10.6 Å². The summed E-state index contributed by atoms with van der Waals surface area (Å²) < 4.78 is 5.53. The van der Waals surface area contributed by atoms with E-state index < -0.39 is 0 Å². The molecule has 156 valence electrons. The molecule has 1 aliphatic heterocycles. The van der Waals surface area contributed by atoms with Crippen molar-refractivity contribution in [3.8, 4) is 0 Å². The molecule has 1 amide bonds. The standard InChI is InChI=1S/C22H28N4O2.HI/c23-22(24-12-11-17-6-2-1-3-7-17)26-15-18-8-4-9-19(14-18)21(27)25-16-20-10-5-13-28-20;/h1-4,6-9,14,20H,5,10-13,15-16H2,(H,25,27)(H3,23,24,26);1H. The lowest BCUT2D eigenvalue weighted by atomic mass is 10.1. The molecule has 0 saturated carbocycles. The lowest BCUT2D eigenvalue weighted by Crippen LogP contribution is -2.33. The van der Waals surface area contributed by atoms with Crippen LogP contribution in [0.4, 0.5) is 0 Å². The number of hydrogen-bond donors (Lipinski definition) is 3. The van der Waals surface area contributed by atoms with Crippen molar-refractivity contribution in [1.29, 1.82) is 0 Å². The fraction of sp³-hybridized carbons (Fsp3) is 0.364. The van der Waals surface area contributed by atoms with E-state index in [0.717, 1.165) is 38.0 Å². The van der Waals surface area contributed by atoms with Crippen LogP contribution in [0.1, 0.15) is 34.3 Å². The fourth-order valence-corrected chi connectivity index (χ4v) is 3.14. The predicted octanol–water partition coefficient (Wildman–Crippen LogP) is 2.86. The first-order valence-electron chi connectivity index (χ1n) is 9.77. The Labute approximate surface area is 189 Å². The van der Waals surface area contributed by atoms with Gasteiger partial charge in [0.2, 0.25) is 0 Å². The Morgan fingerprint density at radius 1 is 1.10 bits per heavy atom. The summed E-state index contributed by atoms with van der Waals surface area (Å²) in [5.74, 6) is 0.319. The molecular weight excluding hydrogens is 479 g/mol. The van der Waals surface area contributed by atoms with Crippen molar-refractivity contribution in [2.75, 3.05) is 19.7 Å². The maximum Gasteiger partial charge on any atom is 0.251 e. The van der Waals surface area contributed by atoms with E-state index in [1.165, 1.54) is 5.56 Å². The zero-order valence-electron chi connectivity index (χ0n) is 16.5. The average Bonchev–Trinajstić information content (AvgIpc) is 3.25. The number of carbonyl (C=O) groups is 1. The van der Waals surface area contributed by atoms with Gasteiger partial charge in [0.05, 0.1) is 12.6 Å². The zero-order chi connectivity index (χ0) is 19.6. The van der Waals surface area contributed by atoms with Gasteiger partial charge in [0, 0.05) is 25.3 Å². The molecule has 1 fully saturated rings. The van der Waals surface area contributed by atoms with Crippen LogP contribution in [0.25, 0.3) is 0 Å². The van der Waals surface area contributed by atoms with Gasteiger partial charge in [0.25, 0.3) is 5.91 Å². The largest absolute Gasteiger partial charge is 0.376 e. The monoisotopic (exact) mass is 508 g/mol. The maximum absolute atomic E-state index is 12.3. The number of rotatable bonds is 8. The first-order valence-corrected chi connectivity index (χ1v) is 9.77. The van der Waals surface area contributed by atoms with Crippen LogP contribution in [0.15, 0.2) is 59.6 Å². The van der Waals surface area contributed by atoms with E-state index in [1.807, 2.05) is 36.4 Å². The van der Waals surface area contributed by atoms with Gasteiger partial charge in [-0.05, 0) is 42.5 Å². The normalized spacial score (nSPS) is 16.1.